The van der Waals surface area contributed by atoms with Gasteiger partial charge in [-0.3, -0.25) is 9.59 Å². The Bertz CT molecular complexity index is 1720. The molecule has 3 amide bonds. The van der Waals surface area contributed by atoms with E-state index in [2.05, 4.69) is 51.3 Å². The summed E-state index contributed by atoms with van der Waals surface area (Å²) in [6.45, 7) is 0.344. The van der Waals surface area contributed by atoms with Crippen molar-refractivity contribution in [3.05, 3.63) is 71.4 Å². The first-order valence-electron chi connectivity index (χ1n) is 25.7. The van der Waals surface area contributed by atoms with E-state index in [0.29, 0.717) is 37.3 Å². The van der Waals surface area contributed by atoms with Crippen molar-refractivity contribution in [1.82, 2.24) is 20.9 Å². The number of carbonyl (C=O) groups is 3. The van der Waals surface area contributed by atoms with Crippen LogP contribution in [0.15, 0.2) is 54.7 Å². The maximum atomic E-state index is 14.7. The molecule has 0 radical (unpaired) electrons. The Balaban J connectivity index is 1.14. The van der Waals surface area contributed by atoms with E-state index in [4.69, 9.17) is 5.73 Å². The summed E-state index contributed by atoms with van der Waals surface area (Å²) in [7, 11) is 0. The predicted molar refractivity (Wildman–Crippen MR) is 257 cm³/mol. The minimum atomic E-state index is -0.724. The second kappa shape index (κ2) is 26.9. The van der Waals surface area contributed by atoms with Crippen molar-refractivity contribution in [3.8, 4) is 0 Å². The van der Waals surface area contributed by atoms with Crippen LogP contribution in [0.2, 0.25) is 0 Å². The highest BCUT2D eigenvalue weighted by Crippen LogP contribution is 2.37. The number of primary amides is 1. The van der Waals surface area contributed by atoms with Gasteiger partial charge in [0.15, 0.2) is 5.78 Å². The van der Waals surface area contributed by atoms with Gasteiger partial charge in [0, 0.05) is 35.2 Å². The summed E-state index contributed by atoms with van der Waals surface area (Å²) in [5.41, 5.74) is 9.50. The molecule has 0 spiro atoms. The van der Waals surface area contributed by atoms with Gasteiger partial charge in [0.1, 0.15) is 0 Å². The molecule has 6 rings (SSSR count). The van der Waals surface area contributed by atoms with Gasteiger partial charge < -0.3 is 26.7 Å². The number of hydrogen-bond donors (Lipinski definition) is 5. The number of urea groups is 1. The van der Waals surface area contributed by atoms with Crippen LogP contribution in [0.1, 0.15) is 214 Å². The lowest BCUT2D eigenvalue weighted by atomic mass is 9.74. The predicted octanol–water partition coefficient (Wildman–Crippen LogP) is 12.7. The maximum Gasteiger partial charge on any atom is 0.312 e. The molecule has 6 N–H and O–H groups in total. The number of Topliss-reactive ketones (excluding diaryl/α,β-unsaturated/α-hetero) is 1. The molecule has 0 saturated heterocycles. The molecule has 8 nitrogen and oxygen atoms in total. The average Bonchev–Trinajstić information content (AvgIpc) is 3.70. The van der Waals surface area contributed by atoms with Crippen LogP contribution in [0.25, 0.3) is 10.9 Å². The Morgan fingerprint density at radius 2 is 1.15 bits per heavy atom. The van der Waals surface area contributed by atoms with Crippen LogP contribution in [0.4, 0.5) is 4.79 Å². The molecule has 62 heavy (non-hydrogen) atoms. The molecule has 1 unspecified atom stereocenters. The van der Waals surface area contributed by atoms with Crippen LogP contribution in [0.5, 0.6) is 0 Å². The van der Waals surface area contributed by atoms with Crippen LogP contribution >= 0.6 is 0 Å². The highest BCUT2D eigenvalue weighted by atomic mass is 16.2. The molecule has 3 aliphatic rings. The van der Waals surface area contributed by atoms with E-state index < -0.39 is 18.1 Å². The zero-order valence-corrected chi connectivity index (χ0v) is 38.4. The van der Waals surface area contributed by atoms with Gasteiger partial charge in [0.25, 0.3) is 0 Å². The normalized spacial score (nSPS) is 22.4. The summed E-state index contributed by atoms with van der Waals surface area (Å²) >= 11 is 0. The van der Waals surface area contributed by atoms with Gasteiger partial charge in [-0.2, -0.15) is 0 Å². The molecule has 0 bridgehead atoms. The summed E-state index contributed by atoms with van der Waals surface area (Å²) in [5, 5.41) is 10.9. The number of fused-ring (bicyclic) bond motifs is 1. The van der Waals surface area contributed by atoms with Crippen molar-refractivity contribution in [3.63, 3.8) is 0 Å². The third-order valence-corrected chi connectivity index (χ3v) is 15.1. The van der Waals surface area contributed by atoms with E-state index in [9.17, 15) is 14.4 Å². The summed E-state index contributed by atoms with van der Waals surface area (Å²) in [5.74, 6) is 1.90. The van der Waals surface area contributed by atoms with E-state index in [1.165, 1.54) is 166 Å². The van der Waals surface area contributed by atoms with E-state index in [1.54, 1.807) is 0 Å². The van der Waals surface area contributed by atoms with E-state index >= 15 is 0 Å². The number of carbonyl (C=O) groups excluding carboxylic acids is 3. The van der Waals surface area contributed by atoms with Gasteiger partial charge >= 0.3 is 6.03 Å². The van der Waals surface area contributed by atoms with Crippen LogP contribution in [0, 0.1) is 11.8 Å². The van der Waals surface area contributed by atoms with Crippen molar-refractivity contribution in [2.24, 2.45) is 17.6 Å². The number of nitrogens with one attached hydrogen (secondary N) is 4. The number of benzene rings is 2. The topological polar surface area (TPSA) is 129 Å². The van der Waals surface area contributed by atoms with Crippen LogP contribution in [0.3, 0.4) is 0 Å². The lowest BCUT2D eigenvalue weighted by Gasteiger charge is -2.36. The first kappa shape index (κ1) is 47.8. The van der Waals surface area contributed by atoms with Gasteiger partial charge in [0.05, 0.1) is 12.1 Å². The fourth-order valence-corrected chi connectivity index (χ4v) is 11.3. The molecule has 3 aromatic rings. The highest BCUT2D eigenvalue weighted by Gasteiger charge is 2.32. The summed E-state index contributed by atoms with van der Waals surface area (Å²) in [4.78, 5) is 44.1. The van der Waals surface area contributed by atoms with Gasteiger partial charge in [-0.1, -0.05) is 177 Å². The largest absolute Gasteiger partial charge is 0.361 e. The van der Waals surface area contributed by atoms with E-state index in [-0.39, 0.29) is 17.7 Å². The van der Waals surface area contributed by atoms with Crippen molar-refractivity contribution >= 4 is 28.6 Å². The SMILES string of the molecule is NC(=O)NCCC[C@H](NC(=O)C(Cc1c[nH]c2ccccc12)NC1CCC(C2CCCCCCCCCCCC2)CC1)C(=O)c1ccc(C2CCCCCCCCCCC2)cc1. The van der Waals surface area contributed by atoms with Crippen molar-refractivity contribution in [2.45, 2.75) is 217 Å². The maximum absolute atomic E-state index is 14.7. The van der Waals surface area contributed by atoms with Gasteiger partial charge in [-0.25, -0.2) is 4.79 Å². The minimum absolute atomic E-state index is 0.0818. The molecule has 342 valence electrons. The Kier molecular flexibility index (Phi) is 20.7. The molecular formula is C54H83N5O3. The van der Waals surface area contributed by atoms with Crippen molar-refractivity contribution < 1.29 is 14.4 Å². The smallest absolute Gasteiger partial charge is 0.312 e. The molecular weight excluding hydrogens is 767 g/mol. The lowest BCUT2D eigenvalue weighted by Crippen LogP contribution is -2.54. The third kappa shape index (κ3) is 15.9. The molecule has 8 heteroatoms. The molecule has 2 atom stereocenters. The van der Waals surface area contributed by atoms with E-state index in [1.807, 2.05) is 24.4 Å². The number of para-hydroxylation sites is 1. The zero-order valence-electron chi connectivity index (χ0n) is 38.4. The monoisotopic (exact) mass is 850 g/mol. The number of hydrogen-bond acceptors (Lipinski definition) is 4. The number of H-pyrrole nitrogens is 1. The van der Waals surface area contributed by atoms with Crippen LogP contribution in [-0.2, 0) is 11.2 Å². The molecule has 1 aromatic heterocycles. The zero-order chi connectivity index (χ0) is 43.2. The Hall–Kier alpha value is -3.65. The molecule has 3 fully saturated rings. The molecule has 3 aliphatic carbocycles. The van der Waals surface area contributed by atoms with Crippen molar-refractivity contribution in [1.29, 1.82) is 0 Å². The number of rotatable bonds is 14. The summed E-state index contributed by atoms with van der Waals surface area (Å²) in [6, 6.07) is 15.0. The third-order valence-electron chi connectivity index (χ3n) is 15.1. The van der Waals surface area contributed by atoms with E-state index in [0.717, 1.165) is 41.1 Å². The Morgan fingerprint density at radius 1 is 0.613 bits per heavy atom. The molecule has 0 aliphatic heterocycles. The standard InChI is InChI=1S/C54H83N5O3/c55-54(62)56-38-22-29-50(52(60)45-32-30-43(31-33-45)41-23-16-12-10-6-3-7-11-13-17-24-41)59-53(61)51(39-46-40-57-49-28-21-20-27-48(46)49)58-47-36-34-44(35-37-47)42-25-18-14-8-4-1-2-5-9-15-19-26-42/h20-21,27-28,30-33,40-42,44,47,50-51,57-58H,1-19,22-26,29,34-39H2,(H,59,61)(H3,55,56,62)/t44?,47?,50-,51?/m0/s1. The molecule has 1 heterocycles. The number of ketones is 1. The van der Waals surface area contributed by atoms with Crippen molar-refractivity contribution in [2.75, 3.05) is 6.54 Å². The molecule has 2 aromatic carbocycles. The summed E-state index contributed by atoms with van der Waals surface area (Å²) < 4.78 is 0. The quantitative estimate of drug-likeness (QED) is 0.0817. The van der Waals surface area contributed by atoms with Crippen LogP contribution in [-0.4, -0.2) is 47.4 Å². The van der Waals surface area contributed by atoms with Gasteiger partial charge in [-0.15, -0.1) is 0 Å². The minimum Gasteiger partial charge on any atom is -0.361 e. The fraction of sp³-hybridized carbons (Fsp3) is 0.685. The lowest BCUT2D eigenvalue weighted by molar-refractivity contribution is -0.124. The number of amides is 3. The molecule has 3 saturated carbocycles. The number of aromatic amines is 1. The second-order valence-electron chi connectivity index (χ2n) is 19.7. The fourth-order valence-electron chi connectivity index (χ4n) is 11.3. The van der Waals surface area contributed by atoms with Gasteiger partial charge in [-0.05, 0) is 92.7 Å². The first-order chi connectivity index (χ1) is 30.4. The Labute approximate surface area is 374 Å². The van der Waals surface area contributed by atoms with Gasteiger partial charge in [0.2, 0.25) is 5.91 Å². The summed E-state index contributed by atoms with van der Waals surface area (Å²) in [6.07, 6.45) is 39.1. The van der Waals surface area contributed by atoms with Crippen LogP contribution < -0.4 is 21.7 Å². The average molecular weight is 850 g/mol. The number of aromatic nitrogens is 1. The highest BCUT2D eigenvalue weighted by molar-refractivity contribution is 6.02. The number of nitrogens with two attached hydrogens (primary N) is 1. The first-order valence-corrected chi connectivity index (χ1v) is 25.7. The second-order valence-corrected chi connectivity index (χ2v) is 19.7. The Morgan fingerprint density at radius 3 is 1.73 bits per heavy atom.